The van der Waals surface area contributed by atoms with Crippen LogP contribution < -0.4 is 10.6 Å². The zero-order chi connectivity index (χ0) is 17.5. The molecule has 0 aromatic carbocycles. The van der Waals surface area contributed by atoms with Crippen LogP contribution in [0.5, 0.6) is 0 Å². The molecular weight excluding hydrogens is 433 g/mol. The summed E-state index contributed by atoms with van der Waals surface area (Å²) in [5.41, 5.74) is 0. The number of ether oxygens (including phenoxy) is 2. The molecule has 6 nitrogen and oxygen atoms in total. The fraction of sp³-hybridized carbons (Fsp3) is 0.889. The van der Waals surface area contributed by atoms with Crippen LogP contribution in [0.1, 0.15) is 58.3 Å². The molecule has 0 saturated heterocycles. The second-order valence-electron chi connectivity index (χ2n) is 6.30. The summed E-state index contributed by atoms with van der Waals surface area (Å²) < 4.78 is 10.2. The maximum atomic E-state index is 11.0. The van der Waals surface area contributed by atoms with Crippen molar-refractivity contribution in [3.8, 4) is 0 Å². The van der Waals surface area contributed by atoms with Gasteiger partial charge in [0, 0.05) is 39.3 Å². The molecule has 0 spiro atoms. The number of unbranched alkanes of at least 4 members (excludes halogenated alkanes) is 3. The number of guanidine groups is 1. The maximum absolute atomic E-state index is 11.0. The number of rotatable bonds is 14. The zero-order valence-electron chi connectivity index (χ0n) is 15.8. The molecule has 7 heteroatoms. The molecule has 0 aromatic rings. The number of carbonyl (C=O) groups is 1. The highest BCUT2D eigenvalue weighted by Crippen LogP contribution is 2.28. The van der Waals surface area contributed by atoms with Gasteiger partial charge in [0.1, 0.15) is 0 Å². The van der Waals surface area contributed by atoms with E-state index in [1.165, 1.54) is 20.0 Å². The molecule has 1 aliphatic rings. The Morgan fingerprint density at radius 1 is 1.12 bits per heavy atom. The van der Waals surface area contributed by atoms with Crippen LogP contribution in [-0.4, -0.2) is 51.9 Å². The lowest BCUT2D eigenvalue weighted by Crippen LogP contribution is -2.37. The monoisotopic (exact) mass is 469 g/mol. The fourth-order valence-electron chi connectivity index (χ4n) is 2.29. The van der Waals surface area contributed by atoms with Gasteiger partial charge in [0.25, 0.3) is 0 Å². The molecule has 1 fully saturated rings. The SMILES string of the molecule is CCNC(=NCCCOCC1CC1)NCCCCCCC(=O)OC.I. The highest BCUT2D eigenvalue weighted by atomic mass is 127. The summed E-state index contributed by atoms with van der Waals surface area (Å²) in [6.07, 6.45) is 8.33. The van der Waals surface area contributed by atoms with E-state index in [1.54, 1.807) is 0 Å². The van der Waals surface area contributed by atoms with E-state index in [9.17, 15) is 4.79 Å². The Balaban J connectivity index is 0.00000576. The van der Waals surface area contributed by atoms with Crippen molar-refractivity contribution in [3.05, 3.63) is 0 Å². The predicted molar refractivity (Wildman–Crippen MR) is 113 cm³/mol. The molecule has 0 amide bonds. The number of nitrogens with zero attached hydrogens (tertiary/aromatic N) is 1. The van der Waals surface area contributed by atoms with Crippen LogP contribution >= 0.6 is 24.0 Å². The van der Waals surface area contributed by atoms with Gasteiger partial charge in [-0.1, -0.05) is 12.8 Å². The lowest BCUT2D eigenvalue weighted by atomic mass is 10.1. The molecule has 1 aliphatic carbocycles. The predicted octanol–water partition coefficient (Wildman–Crippen LogP) is 3.10. The molecule has 25 heavy (non-hydrogen) atoms. The van der Waals surface area contributed by atoms with Crippen molar-refractivity contribution in [3.63, 3.8) is 0 Å². The van der Waals surface area contributed by atoms with Crippen molar-refractivity contribution in [2.45, 2.75) is 58.3 Å². The van der Waals surface area contributed by atoms with Crippen LogP contribution in [0.3, 0.4) is 0 Å². The summed E-state index contributed by atoms with van der Waals surface area (Å²) in [6.45, 7) is 6.37. The minimum atomic E-state index is -0.115. The van der Waals surface area contributed by atoms with Crippen molar-refractivity contribution in [2.24, 2.45) is 10.9 Å². The van der Waals surface area contributed by atoms with Gasteiger partial charge in [0.15, 0.2) is 5.96 Å². The molecule has 1 rings (SSSR count). The highest BCUT2D eigenvalue weighted by molar-refractivity contribution is 14.0. The Morgan fingerprint density at radius 2 is 1.88 bits per heavy atom. The number of methoxy groups -OCH3 is 1. The normalized spacial score (nSPS) is 13.9. The lowest BCUT2D eigenvalue weighted by Gasteiger charge is -2.11. The van der Waals surface area contributed by atoms with Gasteiger partial charge in [0.2, 0.25) is 0 Å². The Hall–Kier alpha value is -0.570. The number of halogens is 1. The number of hydrogen-bond acceptors (Lipinski definition) is 4. The van der Waals surface area contributed by atoms with E-state index in [-0.39, 0.29) is 29.9 Å². The van der Waals surface area contributed by atoms with E-state index in [0.29, 0.717) is 6.42 Å². The van der Waals surface area contributed by atoms with Crippen LogP contribution in [0.25, 0.3) is 0 Å². The first-order chi connectivity index (χ1) is 11.8. The second-order valence-corrected chi connectivity index (χ2v) is 6.30. The van der Waals surface area contributed by atoms with Crippen LogP contribution in [0, 0.1) is 5.92 Å². The summed E-state index contributed by atoms with van der Waals surface area (Å²) in [4.78, 5) is 15.6. The molecular formula is C18H36IN3O3. The average Bonchev–Trinajstić information content (AvgIpc) is 3.40. The largest absolute Gasteiger partial charge is 0.469 e. The van der Waals surface area contributed by atoms with Crippen molar-refractivity contribution in [1.29, 1.82) is 0 Å². The first-order valence-corrected chi connectivity index (χ1v) is 9.43. The van der Waals surface area contributed by atoms with Gasteiger partial charge in [-0.15, -0.1) is 24.0 Å². The zero-order valence-corrected chi connectivity index (χ0v) is 18.2. The minimum Gasteiger partial charge on any atom is -0.469 e. The fourth-order valence-corrected chi connectivity index (χ4v) is 2.29. The Bertz CT molecular complexity index is 363. The summed E-state index contributed by atoms with van der Waals surface area (Å²) in [6, 6.07) is 0. The van der Waals surface area contributed by atoms with Gasteiger partial charge in [-0.05, 0) is 44.9 Å². The Labute approximate surface area is 169 Å². The molecule has 0 atom stereocenters. The van der Waals surface area contributed by atoms with Crippen LogP contribution in [0.2, 0.25) is 0 Å². The number of esters is 1. The second kappa shape index (κ2) is 16.9. The standard InChI is InChI=1S/C18H35N3O3.HI/c1-3-19-18(21-13-8-14-24-15-16-10-11-16)20-12-7-5-4-6-9-17(22)23-2;/h16H,3-15H2,1-2H3,(H2,19,20,21);1H. The summed E-state index contributed by atoms with van der Waals surface area (Å²) >= 11 is 0. The molecule has 0 aliphatic heterocycles. The van der Waals surface area contributed by atoms with E-state index >= 15 is 0 Å². The number of aliphatic imine (C=N–C) groups is 1. The van der Waals surface area contributed by atoms with E-state index < -0.39 is 0 Å². The number of carbonyl (C=O) groups excluding carboxylic acids is 1. The molecule has 0 aromatic heterocycles. The molecule has 148 valence electrons. The maximum Gasteiger partial charge on any atom is 0.305 e. The Morgan fingerprint density at radius 3 is 2.56 bits per heavy atom. The van der Waals surface area contributed by atoms with Gasteiger partial charge >= 0.3 is 5.97 Å². The third-order valence-electron chi connectivity index (χ3n) is 3.94. The lowest BCUT2D eigenvalue weighted by molar-refractivity contribution is -0.140. The van der Waals surface area contributed by atoms with Gasteiger partial charge in [-0.3, -0.25) is 9.79 Å². The van der Waals surface area contributed by atoms with Crippen LogP contribution in [-0.2, 0) is 14.3 Å². The van der Waals surface area contributed by atoms with Crippen molar-refractivity contribution < 1.29 is 14.3 Å². The van der Waals surface area contributed by atoms with Crippen molar-refractivity contribution in [2.75, 3.05) is 40.0 Å². The smallest absolute Gasteiger partial charge is 0.305 e. The van der Waals surface area contributed by atoms with Gasteiger partial charge < -0.3 is 20.1 Å². The Kier molecular flexibility index (Phi) is 16.5. The molecule has 2 N–H and O–H groups in total. The molecule has 0 heterocycles. The number of nitrogens with one attached hydrogen (secondary N) is 2. The quantitative estimate of drug-likeness (QED) is 0.135. The first kappa shape index (κ1) is 24.4. The van der Waals surface area contributed by atoms with E-state index in [0.717, 1.165) is 76.8 Å². The van der Waals surface area contributed by atoms with Crippen molar-refractivity contribution in [1.82, 2.24) is 10.6 Å². The first-order valence-electron chi connectivity index (χ1n) is 9.43. The minimum absolute atomic E-state index is 0. The van der Waals surface area contributed by atoms with Gasteiger partial charge in [-0.25, -0.2) is 0 Å². The average molecular weight is 469 g/mol. The number of hydrogen-bond donors (Lipinski definition) is 2. The third kappa shape index (κ3) is 15.4. The molecule has 0 bridgehead atoms. The van der Waals surface area contributed by atoms with E-state index in [4.69, 9.17) is 4.74 Å². The van der Waals surface area contributed by atoms with Gasteiger partial charge in [0.05, 0.1) is 7.11 Å². The molecule has 0 unspecified atom stereocenters. The van der Waals surface area contributed by atoms with Crippen LogP contribution in [0.15, 0.2) is 4.99 Å². The highest BCUT2D eigenvalue weighted by Gasteiger charge is 2.20. The topological polar surface area (TPSA) is 72.0 Å². The summed E-state index contributed by atoms with van der Waals surface area (Å²) in [7, 11) is 1.44. The van der Waals surface area contributed by atoms with Crippen molar-refractivity contribution >= 4 is 35.9 Å². The van der Waals surface area contributed by atoms with Gasteiger partial charge in [-0.2, -0.15) is 0 Å². The molecule has 1 saturated carbocycles. The van der Waals surface area contributed by atoms with E-state index in [2.05, 4.69) is 27.3 Å². The summed E-state index contributed by atoms with van der Waals surface area (Å²) in [5, 5.41) is 6.62. The third-order valence-corrected chi connectivity index (χ3v) is 3.94. The molecule has 0 radical (unpaired) electrons. The summed E-state index contributed by atoms with van der Waals surface area (Å²) in [5.74, 6) is 1.60. The van der Waals surface area contributed by atoms with E-state index in [1.807, 2.05) is 0 Å². The van der Waals surface area contributed by atoms with Crippen LogP contribution in [0.4, 0.5) is 0 Å².